The lowest BCUT2D eigenvalue weighted by Crippen LogP contribution is -2.52. The van der Waals surface area contributed by atoms with Crippen LogP contribution in [-0.4, -0.2) is 38.0 Å². The molecule has 1 aliphatic heterocycles. The minimum absolute atomic E-state index is 0.114. The van der Waals surface area contributed by atoms with Crippen LogP contribution < -0.4 is 5.32 Å². The van der Waals surface area contributed by atoms with Crippen molar-refractivity contribution in [1.82, 2.24) is 5.32 Å². The Morgan fingerprint density at radius 1 is 1.21 bits per heavy atom. The topological polar surface area (TPSA) is 30.5 Å². The van der Waals surface area contributed by atoms with E-state index >= 15 is 0 Å². The molecule has 1 atom stereocenters. The van der Waals surface area contributed by atoms with E-state index in [-0.39, 0.29) is 5.60 Å². The van der Waals surface area contributed by atoms with Crippen LogP contribution in [0.2, 0.25) is 0 Å². The average Bonchev–Trinajstić information content (AvgIpc) is 2.90. The first kappa shape index (κ1) is 15.3. The summed E-state index contributed by atoms with van der Waals surface area (Å²) in [6.07, 6.45) is 8.85. The van der Waals surface area contributed by atoms with Gasteiger partial charge in [-0.3, -0.25) is 0 Å². The first-order valence-electron chi connectivity index (χ1n) is 8.26. The van der Waals surface area contributed by atoms with Crippen molar-refractivity contribution >= 4 is 0 Å². The number of hydrogen-bond donors (Lipinski definition) is 1. The summed E-state index contributed by atoms with van der Waals surface area (Å²) in [5, 5.41) is 3.73. The summed E-state index contributed by atoms with van der Waals surface area (Å²) < 4.78 is 11.7. The molecule has 112 valence electrons. The fourth-order valence-corrected chi connectivity index (χ4v) is 3.90. The molecule has 1 saturated heterocycles. The minimum Gasteiger partial charge on any atom is -0.381 e. The van der Waals surface area contributed by atoms with Gasteiger partial charge in [-0.15, -0.1) is 0 Å². The van der Waals surface area contributed by atoms with Crippen molar-refractivity contribution < 1.29 is 9.47 Å². The Kier molecular flexibility index (Phi) is 6.11. The van der Waals surface area contributed by atoms with E-state index in [4.69, 9.17) is 9.47 Å². The summed E-state index contributed by atoms with van der Waals surface area (Å²) in [6, 6.07) is 0.531. The van der Waals surface area contributed by atoms with Crippen LogP contribution in [0.5, 0.6) is 0 Å². The molecule has 2 aliphatic rings. The number of likely N-dealkylation sites (N-methyl/N-ethyl adjacent to an activating group) is 1. The second kappa shape index (κ2) is 7.61. The van der Waals surface area contributed by atoms with Gasteiger partial charge in [0.1, 0.15) is 0 Å². The summed E-state index contributed by atoms with van der Waals surface area (Å²) in [5.74, 6) is 0.815. The van der Waals surface area contributed by atoms with Crippen LogP contribution in [0.4, 0.5) is 0 Å². The summed E-state index contributed by atoms with van der Waals surface area (Å²) in [4.78, 5) is 0. The normalized spacial score (nSPS) is 25.6. The molecule has 1 unspecified atom stereocenters. The second-order valence-corrected chi connectivity index (χ2v) is 6.11. The standard InChI is InChI=1S/C16H31NO2/c1-3-17-15(13-14-7-11-18-12-8-14)16(19-4-2)9-5-6-10-16/h14-15,17H,3-13H2,1-2H3. The van der Waals surface area contributed by atoms with Gasteiger partial charge in [-0.2, -0.15) is 0 Å². The molecule has 19 heavy (non-hydrogen) atoms. The highest BCUT2D eigenvalue weighted by molar-refractivity contribution is 4.98. The van der Waals surface area contributed by atoms with Crippen molar-refractivity contribution in [3.63, 3.8) is 0 Å². The Morgan fingerprint density at radius 2 is 1.89 bits per heavy atom. The molecule has 2 fully saturated rings. The second-order valence-electron chi connectivity index (χ2n) is 6.11. The zero-order valence-corrected chi connectivity index (χ0v) is 12.7. The lowest BCUT2D eigenvalue weighted by atomic mass is 9.82. The predicted molar refractivity (Wildman–Crippen MR) is 78.4 cm³/mol. The van der Waals surface area contributed by atoms with Crippen LogP contribution in [-0.2, 0) is 9.47 Å². The van der Waals surface area contributed by atoms with E-state index < -0.39 is 0 Å². The summed E-state index contributed by atoms with van der Waals surface area (Å²) >= 11 is 0. The van der Waals surface area contributed by atoms with Gasteiger partial charge in [-0.05, 0) is 51.5 Å². The van der Waals surface area contributed by atoms with Crippen molar-refractivity contribution in [3.05, 3.63) is 0 Å². The number of nitrogens with one attached hydrogen (secondary N) is 1. The van der Waals surface area contributed by atoms with Gasteiger partial charge in [-0.25, -0.2) is 0 Å². The van der Waals surface area contributed by atoms with Gasteiger partial charge in [0.15, 0.2) is 0 Å². The van der Waals surface area contributed by atoms with E-state index in [1.165, 1.54) is 44.9 Å². The maximum atomic E-state index is 6.25. The van der Waals surface area contributed by atoms with Crippen LogP contribution in [0.3, 0.4) is 0 Å². The Balaban J connectivity index is 1.99. The molecule has 0 aromatic carbocycles. The first-order valence-corrected chi connectivity index (χ1v) is 8.26. The Morgan fingerprint density at radius 3 is 2.47 bits per heavy atom. The fraction of sp³-hybridized carbons (Fsp3) is 1.00. The van der Waals surface area contributed by atoms with Gasteiger partial charge >= 0.3 is 0 Å². The SMILES string of the molecule is CCNC(CC1CCOCC1)C1(OCC)CCCC1. The molecule has 0 bridgehead atoms. The molecule has 0 radical (unpaired) electrons. The maximum absolute atomic E-state index is 6.25. The monoisotopic (exact) mass is 269 g/mol. The van der Waals surface area contributed by atoms with Gasteiger partial charge < -0.3 is 14.8 Å². The minimum atomic E-state index is 0.114. The highest BCUT2D eigenvalue weighted by Gasteiger charge is 2.42. The van der Waals surface area contributed by atoms with Crippen LogP contribution in [0.15, 0.2) is 0 Å². The van der Waals surface area contributed by atoms with Crippen LogP contribution in [0.25, 0.3) is 0 Å². The number of rotatable bonds is 7. The average molecular weight is 269 g/mol. The van der Waals surface area contributed by atoms with Crippen molar-refractivity contribution in [3.8, 4) is 0 Å². The van der Waals surface area contributed by atoms with Gasteiger partial charge in [-0.1, -0.05) is 19.8 Å². The number of ether oxygens (including phenoxy) is 2. The molecule has 0 aromatic rings. The fourth-order valence-electron chi connectivity index (χ4n) is 3.90. The molecule has 1 heterocycles. The van der Waals surface area contributed by atoms with Crippen molar-refractivity contribution in [2.75, 3.05) is 26.4 Å². The summed E-state index contributed by atoms with van der Waals surface area (Å²) in [7, 11) is 0. The summed E-state index contributed by atoms with van der Waals surface area (Å²) in [6.45, 7) is 8.14. The van der Waals surface area contributed by atoms with E-state index in [1.54, 1.807) is 0 Å². The van der Waals surface area contributed by atoms with Crippen LogP contribution in [0, 0.1) is 5.92 Å². The quantitative estimate of drug-likeness (QED) is 0.770. The Labute approximate surface area is 118 Å². The van der Waals surface area contributed by atoms with E-state index in [1.807, 2.05) is 0 Å². The zero-order chi connectivity index (χ0) is 13.6. The smallest absolute Gasteiger partial charge is 0.0834 e. The molecule has 3 nitrogen and oxygen atoms in total. The molecule has 1 saturated carbocycles. The molecular weight excluding hydrogens is 238 g/mol. The summed E-state index contributed by atoms with van der Waals surface area (Å²) in [5.41, 5.74) is 0.114. The molecule has 0 amide bonds. The molecule has 1 N–H and O–H groups in total. The number of hydrogen-bond acceptors (Lipinski definition) is 3. The highest BCUT2D eigenvalue weighted by atomic mass is 16.5. The molecular formula is C16H31NO2. The van der Waals surface area contributed by atoms with Gasteiger partial charge in [0.25, 0.3) is 0 Å². The Hall–Kier alpha value is -0.120. The van der Waals surface area contributed by atoms with Crippen molar-refractivity contribution in [2.24, 2.45) is 5.92 Å². The lowest BCUT2D eigenvalue weighted by Gasteiger charge is -2.40. The van der Waals surface area contributed by atoms with Gasteiger partial charge in [0.05, 0.1) is 5.60 Å². The third-order valence-electron chi connectivity index (χ3n) is 4.88. The van der Waals surface area contributed by atoms with Gasteiger partial charge in [0, 0.05) is 25.9 Å². The van der Waals surface area contributed by atoms with E-state index in [9.17, 15) is 0 Å². The molecule has 0 spiro atoms. The lowest BCUT2D eigenvalue weighted by molar-refractivity contribution is -0.0696. The molecule has 1 aliphatic carbocycles. The zero-order valence-electron chi connectivity index (χ0n) is 12.7. The molecule has 2 rings (SSSR count). The van der Waals surface area contributed by atoms with E-state index in [2.05, 4.69) is 19.2 Å². The maximum Gasteiger partial charge on any atom is 0.0834 e. The van der Waals surface area contributed by atoms with Crippen molar-refractivity contribution in [2.45, 2.75) is 70.4 Å². The third kappa shape index (κ3) is 3.93. The van der Waals surface area contributed by atoms with E-state index in [0.29, 0.717) is 6.04 Å². The molecule has 0 aromatic heterocycles. The largest absolute Gasteiger partial charge is 0.381 e. The Bertz CT molecular complexity index is 245. The third-order valence-corrected chi connectivity index (χ3v) is 4.88. The van der Waals surface area contributed by atoms with Gasteiger partial charge in [0.2, 0.25) is 0 Å². The first-order chi connectivity index (χ1) is 9.30. The van der Waals surface area contributed by atoms with Crippen LogP contribution >= 0.6 is 0 Å². The van der Waals surface area contributed by atoms with Crippen molar-refractivity contribution in [1.29, 1.82) is 0 Å². The van der Waals surface area contributed by atoms with Crippen LogP contribution in [0.1, 0.15) is 58.8 Å². The van der Waals surface area contributed by atoms with E-state index in [0.717, 1.165) is 32.3 Å². The predicted octanol–water partition coefficient (Wildman–Crippen LogP) is 3.13. The molecule has 3 heteroatoms. The highest BCUT2D eigenvalue weighted by Crippen LogP contribution is 2.39.